The van der Waals surface area contributed by atoms with Crippen molar-refractivity contribution in [3.05, 3.63) is 38.1 Å². The van der Waals surface area contributed by atoms with Crippen molar-refractivity contribution < 1.29 is 22.9 Å². The largest absolute Gasteiger partial charge is 0.338 e. The molecule has 1 saturated heterocycles. The summed E-state index contributed by atoms with van der Waals surface area (Å²) in [6.45, 7) is -0.433. The van der Waals surface area contributed by atoms with Crippen LogP contribution in [0.5, 0.6) is 0 Å². The maximum atomic E-state index is 14.0. The zero-order valence-electron chi connectivity index (χ0n) is 10.6. The second-order valence-corrected chi connectivity index (χ2v) is 5.61. The maximum absolute atomic E-state index is 14.0. The summed E-state index contributed by atoms with van der Waals surface area (Å²) in [5, 5.41) is 10.7. The number of piperidine rings is 1. The van der Waals surface area contributed by atoms with Crippen LogP contribution in [0.4, 0.5) is 18.9 Å². The zero-order chi connectivity index (χ0) is 15.8. The molecule has 21 heavy (non-hydrogen) atoms. The molecular formula is C12H10BrF3N2O3. The molecule has 0 aliphatic carbocycles. The molecule has 1 aliphatic rings. The first-order valence-electron chi connectivity index (χ1n) is 6.02. The van der Waals surface area contributed by atoms with Gasteiger partial charge in [0.1, 0.15) is 0 Å². The molecule has 114 valence electrons. The van der Waals surface area contributed by atoms with Crippen molar-refractivity contribution in [2.45, 2.75) is 18.8 Å². The molecule has 1 aromatic rings. The van der Waals surface area contributed by atoms with E-state index in [1.165, 1.54) is 0 Å². The lowest BCUT2D eigenvalue weighted by molar-refractivity contribution is -0.387. The fourth-order valence-electron chi connectivity index (χ4n) is 2.07. The Kier molecular flexibility index (Phi) is 4.22. The van der Waals surface area contributed by atoms with Crippen LogP contribution in [-0.4, -0.2) is 34.7 Å². The fraction of sp³-hybridized carbons (Fsp3) is 0.417. The van der Waals surface area contributed by atoms with Crippen molar-refractivity contribution >= 4 is 27.5 Å². The number of alkyl halides is 2. The van der Waals surface area contributed by atoms with Gasteiger partial charge in [0.2, 0.25) is 5.82 Å². The summed E-state index contributed by atoms with van der Waals surface area (Å²) < 4.78 is 40.3. The number of amides is 1. The number of likely N-dealkylation sites (tertiary alicyclic amines) is 1. The molecule has 0 unspecified atom stereocenters. The average Bonchev–Trinajstić information content (AvgIpc) is 2.40. The van der Waals surface area contributed by atoms with E-state index in [4.69, 9.17) is 0 Å². The monoisotopic (exact) mass is 366 g/mol. The van der Waals surface area contributed by atoms with E-state index < -0.39 is 46.7 Å². The lowest BCUT2D eigenvalue weighted by Crippen LogP contribution is -2.43. The molecule has 0 saturated carbocycles. The third kappa shape index (κ3) is 3.34. The number of rotatable bonds is 2. The number of nitrogens with zero attached hydrogens (tertiary/aromatic N) is 2. The number of hydrogen-bond donors (Lipinski definition) is 0. The van der Waals surface area contributed by atoms with Gasteiger partial charge in [-0.3, -0.25) is 14.9 Å². The number of carbonyl (C=O) groups is 1. The molecule has 1 fully saturated rings. The van der Waals surface area contributed by atoms with E-state index in [2.05, 4.69) is 15.9 Å². The fourth-order valence-corrected chi connectivity index (χ4v) is 2.52. The van der Waals surface area contributed by atoms with Gasteiger partial charge in [0, 0.05) is 36.5 Å². The second-order valence-electron chi connectivity index (χ2n) is 4.69. The van der Waals surface area contributed by atoms with Gasteiger partial charge in [0.15, 0.2) is 0 Å². The molecule has 9 heteroatoms. The maximum Gasteiger partial charge on any atom is 0.306 e. The summed E-state index contributed by atoms with van der Waals surface area (Å²) in [7, 11) is 0. The van der Waals surface area contributed by atoms with Crippen molar-refractivity contribution in [3.63, 3.8) is 0 Å². The highest BCUT2D eigenvalue weighted by Crippen LogP contribution is 2.31. The third-order valence-corrected chi connectivity index (χ3v) is 3.69. The van der Waals surface area contributed by atoms with Crippen molar-refractivity contribution in [2.75, 3.05) is 13.1 Å². The minimum atomic E-state index is -2.83. The molecule has 0 radical (unpaired) electrons. The van der Waals surface area contributed by atoms with Gasteiger partial charge >= 0.3 is 5.69 Å². The molecule has 1 aliphatic heterocycles. The molecule has 0 spiro atoms. The summed E-state index contributed by atoms with van der Waals surface area (Å²) in [6, 6.07) is 2.05. The van der Waals surface area contributed by atoms with Gasteiger partial charge in [0.25, 0.3) is 11.8 Å². The van der Waals surface area contributed by atoms with Crippen LogP contribution in [0.25, 0.3) is 0 Å². The standard InChI is InChI=1S/C12H10BrF3N2O3/c13-7-5-8(10(14)9(6-7)18(20)21)11(19)17-3-1-12(15,16)2-4-17/h5-6H,1-4H2. The molecule has 0 N–H and O–H groups in total. The van der Waals surface area contributed by atoms with Crippen molar-refractivity contribution in [1.82, 2.24) is 4.90 Å². The molecule has 1 amide bonds. The number of halogens is 4. The Bertz CT molecular complexity index is 600. The Hall–Kier alpha value is -1.64. The van der Waals surface area contributed by atoms with Crippen LogP contribution in [0.2, 0.25) is 0 Å². The van der Waals surface area contributed by atoms with Gasteiger partial charge in [-0.2, -0.15) is 4.39 Å². The first-order chi connectivity index (χ1) is 9.71. The van der Waals surface area contributed by atoms with Crippen LogP contribution in [0.1, 0.15) is 23.2 Å². The molecule has 0 bridgehead atoms. The number of carbonyl (C=O) groups excluding carboxylic acids is 1. The summed E-state index contributed by atoms with van der Waals surface area (Å²) in [4.78, 5) is 23.0. The number of nitro groups is 1. The van der Waals surface area contributed by atoms with Crippen LogP contribution in [0, 0.1) is 15.9 Å². The van der Waals surface area contributed by atoms with E-state index in [0.717, 1.165) is 17.0 Å². The molecule has 2 rings (SSSR count). The summed E-state index contributed by atoms with van der Waals surface area (Å²) in [5.41, 5.74) is -1.34. The summed E-state index contributed by atoms with van der Waals surface area (Å²) in [6.07, 6.45) is -1.01. The Morgan fingerprint density at radius 2 is 1.90 bits per heavy atom. The van der Waals surface area contributed by atoms with E-state index in [1.54, 1.807) is 0 Å². The lowest BCUT2D eigenvalue weighted by Gasteiger charge is -2.31. The molecule has 1 aromatic carbocycles. The SMILES string of the molecule is O=C(c1cc(Br)cc([N+](=O)[O-])c1F)N1CCC(F)(F)CC1. The highest BCUT2D eigenvalue weighted by molar-refractivity contribution is 9.10. The third-order valence-electron chi connectivity index (χ3n) is 3.23. The van der Waals surface area contributed by atoms with Crippen molar-refractivity contribution in [1.29, 1.82) is 0 Å². The highest BCUT2D eigenvalue weighted by Gasteiger charge is 2.37. The number of hydrogen-bond acceptors (Lipinski definition) is 3. The van der Waals surface area contributed by atoms with Gasteiger partial charge in [-0.15, -0.1) is 0 Å². The summed E-state index contributed by atoms with van der Waals surface area (Å²) >= 11 is 2.96. The zero-order valence-corrected chi connectivity index (χ0v) is 12.2. The lowest BCUT2D eigenvalue weighted by atomic mass is 10.1. The Morgan fingerprint density at radius 3 is 2.43 bits per heavy atom. The van der Waals surface area contributed by atoms with Crippen molar-refractivity contribution in [2.24, 2.45) is 0 Å². The number of nitro benzene ring substituents is 1. The molecule has 1 heterocycles. The smallest absolute Gasteiger partial charge is 0.306 e. The van der Waals surface area contributed by atoms with E-state index in [-0.39, 0.29) is 17.6 Å². The van der Waals surface area contributed by atoms with Gasteiger partial charge < -0.3 is 4.90 Å². The van der Waals surface area contributed by atoms with Crippen LogP contribution in [0.3, 0.4) is 0 Å². The van der Waals surface area contributed by atoms with Gasteiger partial charge in [-0.25, -0.2) is 8.78 Å². The van der Waals surface area contributed by atoms with Crippen LogP contribution < -0.4 is 0 Å². The van der Waals surface area contributed by atoms with Crippen LogP contribution in [0.15, 0.2) is 16.6 Å². The van der Waals surface area contributed by atoms with Gasteiger partial charge in [-0.1, -0.05) is 15.9 Å². The van der Waals surface area contributed by atoms with Crippen LogP contribution >= 0.6 is 15.9 Å². The van der Waals surface area contributed by atoms with E-state index in [0.29, 0.717) is 0 Å². The first kappa shape index (κ1) is 15.7. The number of benzene rings is 1. The minimum absolute atomic E-state index is 0.168. The minimum Gasteiger partial charge on any atom is -0.338 e. The first-order valence-corrected chi connectivity index (χ1v) is 6.81. The molecular weight excluding hydrogens is 357 g/mol. The van der Waals surface area contributed by atoms with Crippen LogP contribution in [-0.2, 0) is 0 Å². The predicted molar refractivity (Wildman–Crippen MR) is 70.8 cm³/mol. The van der Waals surface area contributed by atoms with E-state index in [1.807, 2.05) is 0 Å². The molecule has 0 atom stereocenters. The van der Waals surface area contributed by atoms with E-state index in [9.17, 15) is 28.1 Å². The Labute approximate surface area is 126 Å². The quantitative estimate of drug-likeness (QED) is 0.595. The molecule has 5 nitrogen and oxygen atoms in total. The van der Waals surface area contributed by atoms with E-state index >= 15 is 0 Å². The van der Waals surface area contributed by atoms with Gasteiger partial charge in [0.05, 0.1) is 10.5 Å². The topological polar surface area (TPSA) is 63.4 Å². The second kappa shape index (κ2) is 5.63. The summed E-state index contributed by atoms with van der Waals surface area (Å²) in [5.74, 6) is -4.92. The van der Waals surface area contributed by atoms with Gasteiger partial charge in [-0.05, 0) is 6.07 Å². The molecule has 0 aromatic heterocycles. The Morgan fingerprint density at radius 1 is 1.33 bits per heavy atom. The normalized spacial score (nSPS) is 17.6. The average molecular weight is 367 g/mol. The Balaban J connectivity index is 2.30. The predicted octanol–water partition coefficient (Wildman–Crippen LogP) is 3.37. The highest BCUT2D eigenvalue weighted by atomic mass is 79.9. The van der Waals surface area contributed by atoms with Crippen molar-refractivity contribution in [3.8, 4) is 0 Å².